The van der Waals surface area contributed by atoms with Crippen molar-refractivity contribution >= 4 is 14.1 Å². The summed E-state index contributed by atoms with van der Waals surface area (Å²) >= 11 is 0. The van der Waals surface area contributed by atoms with Gasteiger partial charge in [-0.05, 0) is 26.1 Å². The molecule has 0 saturated carbocycles. The van der Waals surface area contributed by atoms with E-state index in [1.165, 1.54) is 0 Å². The Bertz CT molecular complexity index is 209. The van der Waals surface area contributed by atoms with Gasteiger partial charge in [-0.2, -0.15) is 5.10 Å². The molecular weight excluding hydrogens is 180 g/mol. The Morgan fingerprint density at radius 1 is 1.62 bits per heavy atom. The van der Waals surface area contributed by atoms with Crippen molar-refractivity contribution in [3.63, 3.8) is 0 Å². The van der Waals surface area contributed by atoms with E-state index in [-0.39, 0.29) is 0 Å². The number of hydrazine groups is 1. The van der Waals surface area contributed by atoms with Gasteiger partial charge in [0.05, 0.1) is 0 Å². The molecular formula is C8H20N4Si. The van der Waals surface area contributed by atoms with Crippen molar-refractivity contribution in [2.45, 2.75) is 33.0 Å². The minimum absolute atomic E-state index is 0.410. The standard InChI is InChI=1S/C8H20N4Si/c1-5-7-6-10-12(11-8(7)9)13(2,3)4/h7,10H,5-6H2,1-4H3,(H2,9,11). The van der Waals surface area contributed by atoms with Gasteiger partial charge in [-0.1, -0.05) is 6.92 Å². The average molecular weight is 200 g/mol. The second-order valence-corrected chi connectivity index (χ2v) is 9.24. The Kier molecular flexibility index (Phi) is 2.97. The largest absolute Gasteiger partial charge is 0.385 e. The van der Waals surface area contributed by atoms with E-state index in [1.807, 2.05) is 4.78 Å². The minimum Gasteiger partial charge on any atom is -0.385 e. The van der Waals surface area contributed by atoms with Crippen LogP contribution in [0.4, 0.5) is 0 Å². The average Bonchev–Trinajstić information content (AvgIpc) is 2.02. The van der Waals surface area contributed by atoms with Crippen LogP contribution in [0.2, 0.25) is 19.6 Å². The summed E-state index contributed by atoms with van der Waals surface area (Å²) in [5, 5.41) is 4.38. The van der Waals surface area contributed by atoms with E-state index in [1.54, 1.807) is 0 Å². The lowest BCUT2D eigenvalue weighted by Crippen LogP contribution is -2.57. The molecule has 1 aliphatic heterocycles. The molecule has 0 fully saturated rings. The van der Waals surface area contributed by atoms with Gasteiger partial charge in [0.25, 0.3) is 0 Å². The lowest BCUT2D eigenvalue weighted by atomic mass is 10.1. The van der Waals surface area contributed by atoms with E-state index < -0.39 is 8.24 Å². The molecule has 0 aromatic heterocycles. The van der Waals surface area contributed by atoms with Gasteiger partial charge in [-0.3, -0.25) is 4.78 Å². The number of rotatable bonds is 2. The molecule has 0 aliphatic carbocycles. The number of nitrogens with one attached hydrogen (secondary N) is 1. The Balaban J connectivity index is 2.71. The fourth-order valence-electron chi connectivity index (χ4n) is 1.27. The summed E-state index contributed by atoms with van der Waals surface area (Å²) in [6, 6.07) is 0. The Labute approximate surface area is 81.2 Å². The highest BCUT2D eigenvalue weighted by atomic mass is 28.3. The molecule has 1 rings (SSSR count). The fourth-order valence-corrected chi connectivity index (χ4v) is 2.26. The number of nitrogens with two attached hydrogens (primary N) is 1. The Morgan fingerprint density at radius 3 is 2.62 bits per heavy atom. The molecule has 0 bridgehead atoms. The van der Waals surface area contributed by atoms with Crippen LogP contribution in [0.15, 0.2) is 5.10 Å². The monoisotopic (exact) mass is 200 g/mol. The van der Waals surface area contributed by atoms with Gasteiger partial charge < -0.3 is 5.73 Å². The summed E-state index contributed by atoms with van der Waals surface area (Å²) in [5.41, 5.74) is 9.19. The smallest absolute Gasteiger partial charge is 0.192 e. The second kappa shape index (κ2) is 3.67. The highest BCUT2D eigenvalue weighted by Crippen LogP contribution is 2.13. The van der Waals surface area contributed by atoms with E-state index >= 15 is 0 Å². The highest BCUT2D eigenvalue weighted by Gasteiger charge is 2.28. The zero-order chi connectivity index (χ0) is 10.1. The molecule has 0 spiro atoms. The van der Waals surface area contributed by atoms with Crippen molar-refractivity contribution in [3.05, 3.63) is 0 Å². The maximum absolute atomic E-state index is 5.87. The van der Waals surface area contributed by atoms with Crippen molar-refractivity contribution in [1.29, 1.82) is 0 Å². The topological polar surface area (TPSA) is 53.6 Å². The van der Waals surface area contributed by atoms with Crippen LogP contribution < -0.4 is 11.2 Å². The van der Waals surface area contributed by atoms with Crippen molar-refractivity contribution in [2.24, 2.45) is 16.8 Å². The van der Waals surface area contributed by atoms with Crippen molar-refractivity contribution in [2.75, 3.05) is 6.54 Å². The molecule has 0 amide bonds. The first-order valence-corrected chi connectivity index (χ1v) is 8.27. The van der Waals surface area contributed by atoms with Crippen LogP contribution in [0.5, 0.6) is 0 Å². The number of amidine groups is 1. The number of hydrazone groups is 1. The van der Waals surface area contributed by atoms with Crippen molar-refractivity contribution in [1.82, 2.24) is 10.2 Å². The maximum Gasteiger partial charge on any atom is 0.192 e. The van der Waals surface area contributed by atoms with Gasteiger partial charge in [0.1, 0.15) is 5.84 Å². The van der Waals surface area contributed by atoms with E-state index in [2.05, 4.69) is 37.1 Å². The highest BCUT2D eigenvalue weighted by molar-refractivity contribution is 6.73. The van der Waals surface area contributed by atoms with Crippen molar-refractivity contribution < 1.29 is 0 Å². The normalized spacial score (nSPS) is 24.5. The van der Waals surface area contributed by atoms with E-state index in [4.69, 9.17) is 5.73 Å². The van der Waals surface area contributed by atoms with Gasteiger partial charge in [0.2, 0.25) is 0 Å². The zero-order valence-corrected chi connectivity index (χ0v) is 9.96. The summed E-state index contributed by atoms with van der Waals surface area (Å²) in [6.45, 7) is 9.78. The molecule has 76 valence electrons. The summed E-state index contributed by atoms with van der Waals surface area (Å²) in [4.78, 5) is 1.98. The molecule has 1 unspecified atom stereocenters. The Morgan fingerprint density at radius 2 is 2.23 bits per heavy atom. The molecule has 1 heterocycles. The first kappa shape index (κ1) is 10.5. The molecule has 13 heavy (non-hydrogen) atoms. The van der Waals surface area contributed by atoms with Gasteiger partial charge >= 0.3 is 0 Å². The third-order valence-electron chi connectivity index (χ3n) is 2.25. The fraction of sp³-hybridized carbons (Fsp3) is 0.875. The SMILES string of the molecule is CCC1CNN([Si](C)(C)C)N=C1N. The number of hydrogen-bond donors (Lipinski definition) is 2. The molecule has 0 aromatic carbocycles. The van der Waals surface area contributed by atoms with Crippen LogP contribution >= 0.6 is 0 Å². The van der Waals surface area contributed by atoms with Gasteiger partial charge in [-0.15, -0.1) is 0 Å². The summed E-state index contributed by atoms with van der Waals surface area (Å²) in [7, 11) is -1.39. The molecule has 3 N–H and O–H groups in total. The lowest BCUT2D eigenvalue weighted by Gasteiger charge is -2.37. The molecule has 1 atom stereocenters. The molecule has 4 nitrogen and oxygen atoms in total. The summed E-state index contributed by atoms with van der Waals surface area (Å²) in [5.74, 6) is 1.19. The van der Waals surface area contributed by atoms with Gasteiger partial charge in [0.15, 0.2) is 8.24 Å². The van der Waals surface area contributed by atoms with Crippen molar-refractivity contribution in [3.8, 4) is 0 Å². The van der Waals surface area contributed by atoms with E-state index in [9.17, 15) is 0 Å². The Hall–Kier alpha value is -0.553. The second-order valence-electron chi connectivity index (χ2n) is 4.47. The summed E-state index contributed by atoms with van der Waals surface area (Å²) < 4.78 is 0. The van der Waals surface area contributed by atoms with Crippen LogP contribution in [0.25, 0.3) is 0 Å². The lowest BCUT2D eigenvalue weighted by molar-refractivity contribution is 0.283. The molecule has 0 saturated heterocycles. The summed E-state index contributed by atoms with van der Waals surface area (Å²) in [6.07, 6.45) is 1.06. The predicted molar refractivity (Wildman–Crippen MR) is 58.6 cm³/mol. The number of hydrogen-bond acceptors (Lipinski definition) is 4. The third kappa shape index (κ3) is 2.44. The first-order valence-electron chi connectivity index (χ1n) is 4.83. The molecule has 1 aliphatic rings. The third-order valence-corrected chi connectivity index (χ3v) is 3.78. The first-order chi connectivity index (χ1) is 5.95. The van der Waals surface area contributed by atoms with Crippen LogP contribution in [-0.2, 0) is 0 Å². The minimum atomic E-state index is -1.39. The van der Waals surface area contributed by atoms with E-state index in [0.29, 0.717) is 5.92 Å². The van der Waals surface area contributed by atoms with Gasteiger partial charge in [-0.25, -0.2) is 5.43 Å². The zero-order valence-electron chi connectivity index (χ0n) is 8.96. The van der Waals surface area contributed by atoms with Crippen LogP contribution in [0.1, 0.15) is 13.3 Å². The molecule has 0 radical (unpaired) electrons. The van der Waals surface area contributed by atoms with E-state index in [0.717, 1.165) is 18.8 Å². The predicted octanol–water partition coefficient (Wildman–Crippen LogP) is 0.940. The molecule has 5 heteroatoms. The van der Waals surface area contributed by atoms with Crippen LogP contribution in [-0.4, -0.2) is 25.4 Å². The van der Waals surface area contributed by atoms with Gasteiger partial charge in [0, 0.05) is 12.5 Å². The quantitative estimate of drug-likeness (QED) is 0.652. The van der Waals surface area contributed by atoms with Crippen LogP contribution in [0, 0.1) is 5.92 Å². The number of nitrogens with zero attached hydrogens (tertiary/aromatic N) is 2. The van der Waals surface area contributed by atoms with Crippen LogP contribution in [0.3, 0.4) is 0 Å². The molecule has 0 aromatic rings. The maximum atomic E-state index is 5.87.